The third-order valence-corrected chi connectivity index (χ3v) is 5.24. The lowest BCUT2D eigenvalue weighted by Crippen LogP contribution is -2.36. The smallest absolute Gasteiger partial charge is 0.253 e. The molecule has 2 aromatic carbocycles. The molecule has 28 heavy (non-hydrogen) atoms. The summed E-state index contributed by atoms with van der Waals surface area (Å²) >= 11 is 6.22. The highest BCUT2D eigenvalue weighted by Crippen LogP contribution is 2.23. The lowest BCUT2D eigenvalue weighted by molar-refractivity contribution is -0.114. The molecule has 0 aromatic heterocycles. The Morgan fingerprint density at radius 1 is 1.04 bits per heavy atom. The molecular formula is C22H26ClN3O2. The van der Waals surface area contributed by atoms with Crippen LogP contribution in [0.1, 0.15) is 48.0 Å². The SMILES string of the molecule is Cc1cccc(NCC(=O)Nc2ccc(Cl)c(C(=O)NC3CCCCC3)c2)c1. The van der Waals surface area contributed by atoms with Gasteiger partial charge in [0.25, 0.3) is 5.91 Å². The van der Waals surface area contributed by atoms with E-state index < -0.39 is 0 Å². The van der Waals surface area contributed by atoms with Crippen molar-refractivity contribution in [2.24, 2.45) is 0 Å². The van der Waals surface area contributed by atoms with E-state index in [2.05, 4.69) is 16.0 Å². The largest absolute Gasteiger partial charge is 0.376 e. The van der Waals surface area contributed by atoms with Gasteiger partial charge in [0.1, 0.15) is 0 Å². The summed E-state index contributed by atoms with van der Waals surface area (Å²) in [6.07, 6.45) is 5.52. The number of nitrogens with one attached hydrogen (secondary N) is 3. The molecule has 6 heteroatoms. The minimum atomic E-state index is -0.192. The molecule has 0 radical (unpaired) electrons. The summed E-state index contributed by atoms with van der Waals surface area (Å²) in [5.74, 6) is -0.381. The molecule has 0 aliphatic heterocycles. The van der Waals surface area contributed by atoms with Crippen LogP contribution in [0.2, 0.25) is 5.02 Å². The van der Waals surface area contributed by atoms with Crippen LogP contribution in [0, 0.1) is 6.92 Å². The van der Waals surface area contributed by atoms with Crippen LogP contribution >= 0.6 is 11.6 Å². The molecule has 3 rings (SSSR count). The number of hydrogen-bond acceptors (Lipinski definition) is 3. The molecule has 1 fully saturated rings. The molecule has 0 spiro atoms. The first-order valence-corrected chi connectivity index (χ1v) is 10.1. The average molecular weight is 400 g/mol. The molecule has 1 aliphatic carbocycles. The van der Waals surface area contributed by atoms with Crippen molar-refractivity contribution in [3.63, 3.8) is 0 Å². The fraction of sp³-hybridized carbons (Fsp3) is 0.364. The Balaban J connectivity index is 1.58. The zero-order valence-corrected chi connectivity index (χ0v) is 16.8. The van der Waals surface area contributed by atoms with Crippen molar-refractivity contribution in [2.75, 3.05) is 17.2 Å². The lowest BCUT2D eigenvalue weighted by atomic mass is 9.95. The van der Waals surface area contributed by atoms with Gasteiger partial charge >= 0.3 is 0 Å². The minimum Gasteiger partial charge on any atom is -0.376 e. The highest BCUT2D eigenvalue weighted by Gasteiger charge is 2.19. The van der Waals surface area contributed by atoms with Gasteiger partial charge in [0.15, 0.2) is 0 Å². The molecule has 5 nitrogen and oxygen atoms in total. The van der Waals surface area contributed by atoms with Gasteiger partial charge in [0, 0.05) is 17.4 Å². The Labute approximate surface area is 170 Å². The van der Waals surface area contributed by atoms with Crippen LogP contribution in [-0.2, 0) is 4.79 Å². The van der Waals surface area contributed by atoms with E-state index in [0.717, 1.165) is 36.9 Å². The van der Waals surface area contributed by atoms with Crippen molar-refractivity contribution in [1.29, 1.82) is 0 Å². The van der Waals surface area contributed by atoms with E-state index in [1.54, 1.807) is 18.2 Å². The molecule has 0 saturated heterocycles. The van der Waals surface area contributed by atoms with Crippen molar-refractivity contribution >= 4 is 34.8 Å². The van der Waals surface area contributed by atoms with Crippen LogP contribution in [-0.4, -0.2) is 24.4 Å². The van der Waals surface area contributed by atoms with Gasteiger partial charge in [-0.15, -0.1) is 0 Å². The van der Waals surface area contributed by atoms with E-state index in [1.165, 1.54) is 6.42 Å². The van der Waals surface area contributed by atoms with Gasteiger partial charge < -0.3 is 16.0 Å². The summed E-state index contributed by atoms with van der Waals surface area (Å²) in [6, 6.07) is 13.0. The van der Waals surface area contributed by atoms with Crippen LogP contribution in [0.4, 0.5) is 11.4 Å². The van der Waals surface area contributed by atoms with Crippen LogP contribution in [0.5, 0.6) is 0 Å². The van der Waals surface area contributed by atoms with Crippen LogP contribution in [0.3, 0.4) is 0 Å². The minimum absolute atomic E-state index is 0.135. The van der Waals surface area contributed by atoms with Crippen molar-refractivity contribution < 1.29 is 9.59 Å². The van der Waals surface area contributed by atoms with Gasteiger partial charge in [0.05, 0.1) is 17.1 Å². The Morgan fingerprint density at radius 3 is 2.57 bits per heavy atom. The summed E-state index contributed by atoms with van der Waals surface area (Å²) < 4.78 is 0. The molecule has 0 unspecified atom stereocenters. The van der Waals surface area contributed by atoms with Gasteiger partial charge in [0.2, 0.25) is 5.91 Å². The quantitative estimate of drug-likeness (QED) is 0.655. The van der Waals surface area contributed by atoms with Crippen LogP contribution in [0.25, 0.3) is 0 Å². The van der Waals surface area contributed by atoms with E-state index in [0.29, 0.717) is 16.3 Å². The molecule has 2 amide bonds. The Hall–Kier alpha value is -2.53. The Morgan fingerprint density at radius 2 is 1.82 bits per heavy atom. The standard InChI is InChI=1S/C22H26ClN3O2/c1-15-6-5-9-17(12-15)24-14-21(27)25-18-10-11-20(23)19(13-18)22(28)26-16-7-3-2-4-8-16/h5-6,9-13,16,24H,2-4,7-8,14H2,1H3,(H,25,27)(H,26,28). The highest BCUT2D eigenvalue weighted by atomic mass is 35.5. The molecule has 0 bridgehead atoms. The number of anilines is 2. The van der Waals surface area contributed by atoms with E-state index in [9.17, 15) is 9.59 Å². The van der Waals surface area contributed by atoms with Gasteiger partial charge in [-0.2, -0.15) is 0 Å². The van der Waals surface area contributed by atoms with Gasteiger partial charge in [-0.25, -0.2) is 0 Å². The summed E-state index contributed by atoms with van der Waals surface area (Å²) in [7, 11) is 0. The predicted molar refractivity (Wildman–Crippen MR) is 114 cm³/mol. The van der Waals surface area contributed by atoms with Crippen molar-refractivity contribution in [1.82, 2.24) is 5.32 Å². The zero-order valence-electron chi connectivity index (χ0n) is 16.1. The molecule has 0 heterocycles. The summed E-state index contributed by atoms with van der Waals surface area (Å²) in [6.45, 7) is 2.13. The van der Waals surface area contributed by atoms with E-state index >= 15 is 0 Å². The maximum atomic E-state index is 12.6. The van der Waals surface area contributed by atoms with E-state index in [-0.39, 0.29) is 24.4 Å². The molecule has 1 saturated carbocycles. The molecular weight excluding hydrogens is 374 g/mol. The number of hydrogen-bond donors (Lipinski definition) is 3. The van der Waals surface area contributed by atoms with Crippen molar-refractivity contribution in [3.05, 3.63) is 58.6 Å². The predicted octanol–water partition coefficient (Wildman–Crippen LogP) is 4.76. The number of aryl methyl sites for hydroxylation is 1. The maximum absolute atomic E-state index is 12.6. The van der Waals surface area contributed by atoms with E-state index in [1.807, 2.05) is 31.2 Å². The Kier molecular flexibility index (Phi) is 6.93. The van der Waals surface area contributed by atoms with Crippen molar-refractivity contribution in [3.8, 4) is 0 Å². The average Bonchev–Trinajstić information content (AvgIpc) is 2.69. The zero-order chi connectivity index (χ0) is 19.9. The molecule has 148 valence electrons. The molecule has 3 N–H and O–H groups in total. The molecule has 1 aliphatic rings. The van der Waals surface area contributed by atoms with Crippen LogP contribution in [0.15, 0.2) is 42.5 Å². The fourth-order valence-corrected chi connectivity index (χ4v) is 3.63. The molecule has 0 atom stereocenters. The molecule has 2 aromatic rings. The first kappa shape index (κ1) is 20.2. The highest BCUT2D eigenvalue weighted by molar-refractivity contribution is 6.34. The number of amides is 2. The third kappa shape index (κ3) is 5.73. The second-order valence-electron chi connectivity index (χ2n) is 7.27. The third-order valence-electron chi connectivity index (χ3n) is 4.91. The topological polar surface area (TPSA) is 70.2 Å². The fourth-order valence-electron chi connectivity index (χ4n) is 3.43. The lowest BCUT2D eigenvalue weighted by Gasteiger charge is -2.23. The van der Waals surface area contributed by atoms with Gasteiger partial charge in [-0.3, -0.25) is 9.59 Å². The summed E-state index contributed by atoms with van der Waals surface area (Å²) in [4.78, 5) is 24.8. The normalized spacial score (nSPS) is 14.4. The first-order valence-electron chi connectivity index (χ1n) is 9.72. The number of rotatable bonds is 6. The Bertz CT molecular complexity index is 847. The second-order valence-corrected chi connectivity index (χ2v) is 7.68. The summed E-state index contributed by atoms with van der Waals surface area (Å²) in [5.41, 5.74) is 2.95. The number of carbonyl (C=O) groups is 2. The van der Waals surface area contributed by atoms with Crippen LogP contribution < -0.4 is 16.0 Å². The van der Waals surface area contributed by atoms with Gasteiger partial charge in [-0.05, 0) is 55.7 Å². The summed E-state index contributed by atoms with van der Waals surface area (Å²) in [5, 5.41) is 9.34. The number of carbonyl (C=O) groups excluding carboxylic acids is 2. The van der Waals surface area contributed by atoms with E-state index in [4.69, 9.17) is 11.6 Å². The van der Waals surface area contributed by atoms with Crippen molar-refractivity contribution in [2.45, 2.75) is 45.1 Å². The number of benzene rings is 2. The monoisotopic (exact) mass is 399 g/mol. The number of halogens is 1. The second kappa shape index (κ2) is 9.60. The maximum Gasteiger partial charge on any atom is 0.253 e. The first-order chi connectivity index (χ1) is 13.5. The van der Waals surface area contributed by atoms with Gasteiger partial charge in [-0.1, -0.05) is 43.0 Å².